The Bertz CT molecular complexity index is 535. The van der Waals surface area contributed by atoms with Crippen molar-refractivity contribution in [1.29, 1.82) is 0 Å². The first-order valence-electron chi connectivity index (χ1n) is 7.48. The quantitative estimate of drug-likeness (QED) is 0.585. The molecule has 128 valence electrons. The van der Waals surface area contributed by atoms with Crippen molar-refractivity contribution in [3.63, 3.8) is 0 Å². The van der Waals surface area contributed by atoms with Gasteiger partial charge in [-0.1, -0.05) is 23.7 Å². The Balaban J connectivity index is 2.68. The van der Waals surface area contributed by atoms with Gasteiger partial charge < -0.3 is 20.3 Å². The molecule has 0 saturated carbocycles. The lowest BCUT2D eigenvalue weighted by Gasteiger charge is -2.19. The van der Waals surface area contributed by atoms with Crippen LogP contribution in [-0.2, 0) is 9.53 Å². The highest BCUT2D eigenvalue weighted by Gasteiger charge is 2.12. The summed E-state index contributed by atoms with van der Waals surface area (Å²) in [4.78, 5) is 17.4. The number of nitrogens with one attached hydrogen (secondary N) is 2. The number of aliphatic imine (C=N–C) groups is 1. The number of hydrogen-bond donors (Lipinski definition) is 2. The second kappa shape index (κ2) is 10.1. The number of carbonyl (C=O) groups excluding carboxylic acids is 1. The number of guanidine groups is 1. The van der Waals surface area contributed by atoms with Crippen LogP contribution in [0.4, 0.5) is 0 Å². The van der Waals surface area contributed by atoms with Crippen LogP contribution in [-0.4, -0.2) is 57.6 Å². The Morgan fingerprint density at radius 2 is 2.13 bits per heavy atom. The molecule has 0 spiro atoms. The van der Waals surface area contributed by atoms with E-state index in [-0.39, 0.29) is 18.6 Å². The van der Waals surface area contributed by atoms with Gasteiger partial charge >= 0.3 is 0 Å². The standard InChI is InChI=1S/C16H25ClN4O2/c1-5-18-16(20-11-15(22)21(2)3)19-10-14(23-4)12-7-6-8-13(17)9-12/h6-9,14H,5,10-11H2,1-4H3,(H2,18,19,20). The highest BCUT2D eigenvalue weighted by atomic mass is 35.5. The van der Waals surface area contributed by atoms with Gasteiger partial charge in [0.25, 0.3) is 0 Å². The summed E-state index contributed by atoms with van der Waals surface area (Å²) in [6.07, 6.45) is -0.165. The number of ether oxygens (including phenoxy) is 1. The van der Waals surface area contributed by atoms with E-state index in [9.17, 15) is 4.79 Å². The van der Waals surface area contributed by atoms with Crippen molar-refractivity contribution in [2.24, 2.45) is 4.99 Å². The van der Waals surface area contributed by atoms with Crippen LogP contribution in [0.1, 0.15) is 18.6 Å². The van der Waals surface area contributed by atoms with Gasteiger partial charge in [0.15, 0.2) is 5.96 Å². The molecule has 0 heterocycles. The van der Waals surface area contributed by atoms with E-state index in [0.717, 1.165) is 5.56 Å². The Labute approximate surface area is 142 Å². The number of methoxy groups -OCH3 is 1. The number of benzene rings is 1. The van der Waals surface area contributed by atoms with Crippen LogP contribution in [0.15, 0.2) is 29.3 Å². The molecule has 2 N–H and O–H groups in total. The second-order valence-corrected chi connectivity index (χ2v) is 5.58. The van der Waals surface area contributed by atoms with E-state index < -0.39 is 0 Å². The molecule has 6 nitrogen and oxygen atoms in total. The maximum atomic E-state index is 11.6. The topological polar surface area (TPSA) is 66.0 Å². The van der Waals surface area contributed by atoms with E-state index in [1.807, 2.05) is 31.2 Å². The summed E-state index contributed by atoms with van der Waals surface area (Å²) in [5.74, 6) is 0.520. The third kappa shape index (κ3) is 6.88. The maximum absolute atomic E-state index is 11.6. The van der Waals surface area contributed by atoms with Crippen LogP contribution >= 0.6 is 11.6 Å². The normalized spacial score (nSPS) is 12.7. The van der Waals surface area contributed by atoms with Crippen LogP contribution in [0.25, 0.3) is 0 Å². The Hall–Kier alpha value is -1.79. The van der Waals surface area contributed by atoms with Crippen molar-refractivity contribution in [3.8, 4) is 0 Å². The number of halogens is 1. The summed E-state index contributed by atoms with van der Waals surface area (Å²) >= 11 is 6.02. The predicted octanol–water partition coefficient (Wildman–Crippen LogP) is 1.67. The van der Waals surface area contributed by atoms with Gasteiger partial charge in [0.1, 0.15) is 6.54 Å². The Kier molecular flexibility index (Phi) is 8.43. The fourth-order valence-electron chi connectivity index (χ4n) is 1.86. The average molecular weight is 341 g/mol. The van der Waals surface area contributed by atoms with Crippen LogP contribution in [0.5, 0.6) is 0 Å². The molecule has 1 amide bonds. The number of rotatable bonds is 7. The molecule has 1 aromatic rings. The van der Waals surface area contributed by atoms with Crippen molar-refractivity contribution in [2.45, 2.75) is 13.0 Å². The van der Waals surface area contributed by atoms with Crippen LogP contribution in [0.2, 0.25) is 5.02 Å². The van der Waals surface area contributed by atoms with E-state index in [0.29, 0.717) is 24.1 Å². The van der Waals surface area contributed by atoms with E-state index in [2.05, 4.69) is 15.6 Å². The maximum Gasteiger partial charge on any atom is 0.243 e. The Morgan fingerprint density at radius 3 is 2.70 bits per heavy atom. The molecule has 0 aliphatic rings. The molecule has 0 radical (unpaired) electrons. The molecule has 0 aliphatic carbocycles. The highest BCUT2D eigenvalue weighted by Crippen LogP contribution is 2.19. The third-order valence-corrected chi connectivity index (χ3v) is 3.41. The van der Waals surface area contributed by atoms with Crippen molar-refractivity contribution in [3.05, 3.63) is 34.9 Å². The van der Waals surface area contributed by atoms with E-state index in [1.165, 1.54) is 4.90 Å². The number of carbonyl (C=O) groups is 1. The van der Waals surface area contributed by atoms with Crippen molar-refractivity contribution in [2.75, 3.05) is 40.8 Å². The third-order valence-electron chi connectivity index (χ3n) is 3.18. The molecule has 1 unspecified atom stereocenters. The molecule has 1 aromatic carbocycles. The zero-order valence-electron chi connectivity index (χ0n) is 14.1. The van der Waals surface area contributed by atoms with E-state index in [1.54, 1.807) is 21.2 Å². The first-order valence-corrected chi connectivity index (χ1v) is 7.86. The number of likely N-dealkylation sites (N-methyl/N-ethyl adjacent to an activating group) is 1. The average Bonchev–Trinajstić information content (AvgIpc) is 2.52. The van der Waals surface area contributed by atoms with Gasteiger partial charge in [-0.15, -0.1) is 0 Å². The fourth-order valence-corrected chi connectivity index (χ4v) is 2.06. The lowest BCUT2D eigenvalue weighted by molar-refractivity contribution is -0.127. The molecule has 0 aliphatic heterocycles. The lowest BCUT2D eigenvalue weighted by atomic mass is 10.1. The molecule has 7 heteroatoms. The van der Waals surface area contributed by atoms with Crippen molar-refractivity contribution in [1.82, 2.24) is 15.5 Å². The van der Waals surface area contributed by atoms with E-state index >= 15 is 0 Å². The van der Waals surface area contributed by atoms with Gasteiger partial charge in [0.2, 0.25) is 5.91 Å². The van der Waals surface area contributed by atoms with Crippen LogP contribution in [0, 0.1) is 0 Å². The second-order valence-electron chi connectivity index (χ2n) is 5.14. The molecular formula is C16H25ClN4O2. The minimum atomic E-state index is -0.165. The molecule has 1 atom stereocenters. The number of amides is 1. The van der Waals surface area contributed by atoms with Crippen LogP contribution < -0.4 is 10.6 Å². The molecule has 0 bridgehead atoms. The molecule has 0 fully saturated rings. The van der Waals surface area contributed by atoms with Crippen molar-refractivity contribution >= 4 is 23.5 Å². The van der Waals surface area contributed by atoms with Gasteiger partial charge in [0, 0.05) is 39.3 Å². The zero-order valence-corrected chi connectivity index (χ0v) is 14.9. The summed E-state index contributed by atoms with van der Waals surface area (Å²) in [6.45, 7) is 3.28. The van der Waals surface area contributed by atoms with Gasteiger partial charge in [-0.3, -0.25) is 4.79 Å². The molecular weight excluding hydrogens is 316 g/mol. The van der Waals surface area contributed by atoms with E-state index in [4.69, 9.17) is 16.3 Å². The van der Waals surface area contributed by atoms with Gasteiger partial charge in [-0.05, 0) is 24.6 Å². The first kappa shape index (κ1) is 19.3. The number of nitrogens with zero attached hydrogens (tertiary/aromatic N) is 2. The monoisotopic (exact) mass is 340 g/mol. The van der Waals surface area contributed by atoms with Gasteiger partial charge in [-0.25, -0.2) is 4.99 Å². The number of hydrogen-bond acceptors (Lipinski definition) is 3. The summed E-state index contributed by atoms with van der Waals surface area (Å²) in [6, 6.07) is 7.54. The van der Waals surface area contributed by atoms with Gasteiger partial charge in [0.05, 0.1) is 6.10 Å². The molecule has 23 heavy (non-hydrogen) atoms. The van der Waals surface area contributed by atoms with Crippen LogP contribution in [0.3, 0.4) is 0 Å². The zero-order chi connectivity index (χ0) is 17.2. The minimum absolute atomic E-state index is 0.0552. The minimum Gasteiger partial charge on any atom is -0.375 e. The lowest BCUT2D eigenvalue weighted by Crippen LogP contribution is -2.40. The molecule has 0 saturated heterocycles. The predicted molar refractivity (Wildman–Crippen MR) is 93.9 cm³/mol. The van der Waals surface area contributed by atoms with Gasteiger partial charge in [-0.2, -0.15) is 0 Å². The fraction of sp³-hybridized carbons (Fsp3) is 0.500. The summed E-state index contributed by atoms with van der Waals surface area (Å²) in [5, 5.41) is 6.96. The highest BCUT2D eigenvalue weighted by molar-refractivity contribution is 6.30. The summed E-state index contributed by atoms with van der Waals surface area (Å²) in [5.41, 5.74) is 0.979. The summed E-state index contributed by atoms with van der Waals surface area (Å²) < 4.78 is 5.50. The molecule has 0 aromatic heterocycles. The van der Waals surface area contributed by atoms with Crippen molar-refractivity contribution < 1.29 is 9.53 Å². The smallest absolute Gasteiger partial charge is 0.243 e. The first-order chi connectivity index (χ1) is 11.0. The molecule has 1 rings (SSSR count). The largest absolute Gasteiger partial charge is 0.375 e. The Morgan fingerprint density at radius 1 is 1.39 bits per heavy atom. The summed E-state index contributed by atoms with van der Waals surface area (Å²) in [7, 11) is 5.06. The SMILES string of the molecule is CCNC(=NCC(=O)N(C)C)NCC(OC)c1cccc(Cl)c1.